The van der Waals surface area contributed by atoms with Gasteiger partial charge in [-0.15, -0.1) is 0 Å². The van der Waals surface area contributed by atoms with Crippen molar-refractivity contribution >= 4 is 6.03 Å². The number of carbonyl (C=O) groups is 1. The number of hydrogen-bond acceptors (Lipinski definition) is 2. The SMILES string of the molecule is CCCN(CC(C)(C)CN)C(=O)N(C)C. The largest absolute Gasteiger partial charge is 0.331 e. The van der Waals surface area contributed by atoms with Gasteiger partial charge in [-0.1, -0.05) is 20.8 Å². The molecule has 0 aromatic heterocycles. The number of nitrogens with two attached hydrogens (primary N) is 1. The molecule has 0 radical (unpaired) electrons. The molecule has 0 saturated heterocycles. The lowest BCUT2D eigenvalue weighted by atomic mass is 9.93. The van der Waals surface area contributed by atoms with Crippen molar-refractivity contribution in [2.45, 2.75) is 27.2 Å². The lowest BCUT2D eigenvalue weighted by Gasteiger charge is -2.33. The van der Waals surface area contributed by atoms with Crippen molar-refractivity contribution in [3.63, 3.8) is 0 Å². The summed E-state index contributed by atoms with van der Waals surface area (Å²) in [7, 11) is 3.56. The fraction of sp³-hybridized carbons (Fsp3) is 0.909. The molecule has 0 aliphatic rings. The highest BCUT2D eigenvalue weighted by molar-refractivity contribution is 5.73. The van der Waals surface area contributed by atoms with Crippen LogP contribution in [0.4, 0.5) is 4.79 Å². The van der Waals surface area contributed by atoms with Crippen molar-refractivity contribution in [2.24, 2.45) is 11.1 Å². The first-order chi connectivity index (χ1) is 6.84. The van der Waals surface area contributed by atoms with Crippen molar-refractivity contribution in [1.29, 1.82) is 0 Å². The quantitative estimate of drug-likeness (QED) is 0.753. The zero-order valence-corrected chi connectivity index (χ0v) is 10.7. The summed E-state index contributed by atoms with van der Waals surface area (Å²) in [4.78, 5) is 15.3. The van der Waals surface area contributed by atoms with E-state index in [0.29, 0.717) is 13.1 Å². The Morgan fingerprint density at radius 1 is 1.33 bits per heavy atom. The predicted octanol–water partition coefficient (Wildman–Crippen LogP) is 1.36. The Labute approximate surface area is 93.4 Å². The number of nitrogens with zero attached hydrogens (tertiary/aromatic N) is 2. The van der Waals surface area contributed by atoms with Gasteiger partial charge < -0.3 is 15.5 Å². The maximum Gasteiger partial charge on any atom is 0.319 e. The van der Waals surface area contributed by atoms with E-state index >= 15 is 0 Å². The van der Waals surface area contributed by atoms with Gasteiger partial charge in [0.1, 0.15) is 0 Å². The number of hydrogen-bond donors (Lipinski definition) is 1. The molecule has 0 saturated carbocycles. The van der Waals surface area contributed by atoms with Crippen LogP contribution in [0.1, 0.15) is 27.2 Å². The van der Waals surface area contributed by atoms with E-state index in [4.69, 9.17) is 5.73 Å². The summed E-state index contributed by atoms with van der Waals surface area (Å²) in [5.74, 6) is 0. The maximum absolute atomic E-state index is 11.8. The van der Waals surface area contributed by atoms with Gasteiger partial charge in [0.25, 0.3) is 0 Å². The highest BCUT2D eigenvalue weighted by Crippen LogP contribution is 2.15. The molecule has 2 N–H and O–H groups in total. The lowest BCUT2D eigenvalue weighted by Crippen LogP contribution is -2.46. The summed E-state index contributed by atoms with van der Waals surface area (Å²) in [5.41, 5.74) is 5.66. The lowest BCUT2D eigenvalue weighted by molar-refractivity contribution is 0.147. The molecule has 4 nitrogen and oxygen atoms in total. The van der Waals surface area contributed by atoms with Crippen LogP contribution in [0, 0.1) is 5.41 Å². The molecule has 0 aromatic carbocycles. The van der Waals surface area contributed by atoms with Crippen molar-refractivity contribution in [2.75, 3.05) is 33.7 Å². The minimum absolute atomic E-state index is 0.0131. The first kappa shape index (κ1) is 14.2. The summed E-state index contributed by atoms with van der Waals surface area (Å²) < 4.78 is 0. The van der Waals surface area contributed by atoms with Crippen LogP contribution in [0.5, 0.6) is 0 Å². The van der Waals surface area contributed by atoms with Crippen LogP contribution in [0.25, 0.3) is 0 Å². The Kier molecular flexibility index (Phi) is 5.65. The van der Waals surface area contributed by atoms with Crippen LogP contribution in [0.2, 0.25) is 0 Å². The van der Waals surface area contributed by atoms with Crippen molar-refractivity contribution < 1.29 is 4.79 Å². The summed E-state index contributed by atoms with van der Waals surface area (Å²) in [5, 5.41) is 0. The zero-order valence-electron chi connectivity index (χ0n) is 10.7. The van der Waals surface area contributed by atoms with Gasteiger partial charge in [-0.3, -0.25) is 0 Å². The third kappa shape index (κ3) is 5.02. The molecule has 0 aliphatic heterocycles. The molecule has 90 valence electrons. The standard InChI is InChI=1S/C11H25N3O/c1-6-7-14(10(15)13(4)5)9-11(2,3)8-12/h6-9,12H2,1-5H3. The number of carbonyl (C=O) groups excluding carboxylic acids is 1. The van der Waals surface area contributed by atoms with Gasteiger partial charge in [-0.2, -0.15) is 0 Å². The van der Waals surface area contributed by atoms with E-state index in [1.165, 1.54) is 0 Å². The molecule has 0 atom stereocenters. The van der Waals surface area contributed by atoms with E-state index < -0.39 is 0 Å². The summed E-state index contributed by atoms with van der Waals surface area (Å²) in [6.45, 7) is 8.34. The van der Waals surface area contributed by atoms with Gasteiger partial charge >= 0.3 is 6.03 Å². The molecular formula is C11H25N3O. The molecule has 0 unspecified atom stereocenters. The van der Waals surface area contributed by atoms with Crippen LogP contribution < -0.4 is 5.73 Å². The zero-order chi connectivity index (χ0) is 12.1. The predicted molar refractivity (Wildman–Crippen MR) is 63.8 cm³/mol. The molecule has 15 heavy (non-hydrogen) atoms. The molecule has 0 aliphatic carbocycles. The maximum atomic E-state index is 11.8. The molecule has 2 amide bonds. The first-order valence-electron chi connectivity index (χ1n) is 5.50. The normalized spacial score (nSPS) is 11.3. The van der Waals surface area contributed by atoms with Gasteiger partial charge in [0.15, 0.2) is 0 Å². The minimum atomic E-state index is -0.0131. The van der Waals surface area contributed by atoms with E-state index in [1.54, 1.807) is 19.0 Å². The topological polar surface area (TPSA) is 49.6 Å². The Bertz CT molecular complexity index is 202. The number of amides is 2. The Morgan fingerprint density at radius 2 is 1.87 bits per heavy atom. The third-order valence-corrected chi connectivity index (χ3v) is 2.32. The van der Waals surface area contributed by atoms with Crippen molar-refractivity contribution in [1.82, 2.24) is 9.80 Å². The average Bonchev–Trinajstić information content (AvgIpc) is 2.15. The second kappa shape index (κ2) is 5.95. The van der Waals surface area contributed by atoms with E-state index in [-0.39, 0.29) is 11.4 Å². The molecule has 0 bridgehead atoms. The molecule has 0 aromatic rings. The van der Waals surface area contributed by atoms with Crippen molar-refractivity contribution in [3.8, 4) is 0 Å². The van der Waals surface area contributed by atoms with E-state index in [2.05, 4.69) is 20.8 Å². The molecule has 0 spiro atoms. The highest BCUT2D eigenvalue weighted by Gasteiger charge is 2.23. The minimum Gasteiger partial charge on any atom is -0.331 e. The monoisotopic (exact) mass is 215 g/mol. The molecule has 0 heterocycles. The Hall–Kier alpha value is -0.770. The van der Waals surface area contributed by atoms with Crippen LogP contribution >= 0.6 is 0 Å². The van der Waals surface area contributed by atoms with E-state index in [0.717, 1.165) is 13.0 Å². The van der Waals surface area contributed by atoms with Crippen LogP contribution in [-0.4, -0.2) is 49.6 Å². The second-order valence-corrected chi connectivity index (χ2v) is 4.97. The van der Waals surface area contributed by atoms with Gasteiger partial charge in [-0.25, -0.2) is 4.79 Å². The van der Waals surface area contributed by atoms with Crippen LogP contribution in [-0.2, 0) is 0 Å². The van der Waals surface area contributed by atoms with Gasteiger partial charge in [0.05, 0.1) is 0 Å². The van der Waals surface area contributed by atoms with Crippen LogP contribution in [0.15, 0.2) is 0 Å². The Balaban J connectivity index is 4.47. The molecule has 0 rings (SSSR count). The summed E-state index contributed by atoms with van der Waals surface area (Å²) >= 11 is 0. The van der Waals surface area contributed by atoms with E-state index in [1.807, 2.05) is 4.90 Å². The summed E-state index contributed by atoms with van der Waals surface area (Å²) in [6, 6.07) is 0.0679. The van der Waals surface area contributed by atoms with Gasteiger partial charge in [0.2, 0.25) is 0 Å². The van der Waals surface area contributed by atoms with Crippen molar-refractivity contribution in [3.05, 3.63) is 0 Å². The van der Waals surface area contributed by atoms with Crippen LogP contribution in [0.3, 0.4) is 0 Å². The molecular weight excluding hydrogens is 190 g/mol. The fourth-order valence-corrected chi connectivity index (χ4v) is 1.38. The number of urea groups is 1. The number of rotatable bonds is 5. The Morgan fingerprint density at radius 3 is 2.20 bits per heavy atom. The fourth-order valence-electron chi connectivity index (χ4n) is 1.38. The average molecular weight is 215 g/mol. The first-order valence-corrected chi connectivity index (χ1v) is 5.50. The van der Waals surface area contributed by atoms with Gasteiger partial charge in [0, 0.05) is 27.2 Å². The smallest absolute Gasteiger partial charge is 0.319 e. The van der Waals surface area contributed by atoms with E-state index in [9.17, 15) is 4.79 Å². The summed E-state index contributed by atoms with van der Waals surface area (Å²) in [6.07, 6.45) is 0.972. The third-order valence-electron chi connectivity index (χ3n) is 2.32. The van der Waals surface area contributed by atoms with Gasteiger partial charge in [-0.05, 0) is 18.4 Å². The second-order valence-electron chi connectivity index (χ2n) is 4.97. The molecule has 4 heteroatoms. The molecule has 0 fully saturated rings. The highest BCUT2D eigenvalue weighted by atomic mass is 16.2.